The topological polar surface area (TPSA) is 55.4 Å². The largest absolute Gasteiger partial charge is 0.414 e. The van der Waals surface area contributed by atoms with Crippen molar-refractivity contribution in [2.75, 3.05) is 27.4 Å². The van der Waals surface area contributed by atoms with Gasteiger partial charge in [0.2, 0.25) is 11.6 Å². The lowest BCUT2D eigenvalue weighted by molar-refractivity contribution is -0.426. The van der Waals surface area contributed by atoms with Crippen molar-refractivity contribution < 1.29 is 27.8 Å². The number of hydrogen-bond acceptors (Lipinski definition) is 6. The maximum atomic E-state index is 6.99. The van der Waals surface area contributed by atoms with Gasteiger partial charge in [0, 0.05) is 20.1 Å². The highest BCUT2D eigenvalue weighted by atomic mass is 28.4. The number of hydrogen-bond donors (Lipinski definition) is 0. The van der Waals surface area contributed by atoms with E-state index in [1.807, 2.05) is 13.8 Å². The van der Waals surface area contributed by atoms with Crippen LogP contribution in [-0.4, -0.2) is 67.9 Å². The molecule has 0 spiro atoms. The van der Waals surface area contributed by atoms with E-state index >= 15 is 0 Å². The molecule has 1 fully saturated rings. The van der Waals surface area contributed by atoms with E-state index in [1.54, 1.807) is 14.2 Å². The third-order valence-electron chi connectivity index (χ3n) is 9.25. The molecule has 6 nitrogen and oxygen atoms in total. The predicted octanol–water partition coefficient (Wildman–Crippen LogP) is 7.68. The zero-order chi connectivity index (χ0) is 29.3. The fourth-order valence-electron chi connectivity index (χ4n) is 3.59. The molecule has 0 aromatic heterocycles. The smallest absolute Gasteiger partial charge is 0.220 e. The highest BCUT2D eigenvalue weighted by Gasteiger charge is 2.53. The Hall–Kier alpha value is -0.326. The van der Waals surface area contributed by atoms with E-state index in [4.69, 9.17) is 27.8 Å². The van der Waals surface area contributed by atoms with Crippen LogP contribution in [0.2, 0.25) is 36.3 Å². The molecule has 8 heteroatoms. The summed E-state index contributed by atoms with van der Waals surface area (Å²) in [5, 5.41) is 0.245. The Morgan fingerprint density at radius 2 is 1.46 bits per heavy atom. The lowest BCUT2D eigenvalue weighted by atomic mass is 9.94. The van der Waals surface area contributed by atoms with Crippen LogP contribution in [0, 0.1) is 5.92 Å². The van der Waals surface area contributed by atoms with Crippen molar-refractivity contribution in [3.63, 3.8) is 0 Å². The van der Waals surface area contributed by atoms with E-state index in [1.165, 1.54) is 5.57 Å². The van der Waals surface area contributed by atoms with Gasteiger partial charge in [0.15, 0.2) is 16.6 Å². The molecular formula is C29H58O6Si2. The molecule has 1 rings (SSSR count). The summed E-state index contributed by atoms with van der Waals surface area (Å²) < 4.78 is 37.3. The van der Waals surface area contributed by atoms with Crippen LogP contribution in [0.3, 0.4) is 0 Å². The van der Waals surface area contributed by atoms with Crippen molar-refractivity contribution >= 4 is 16.6 Å². The lowest BCUT2D eigenvalue weighted by Gasteiger charge is -2.49. The molecule has 5 atom stereocenters. The summed E-state index contributed by atoms with van der Waals surface area (Å²) in [6.07, 6.45) is 1.71. The highest BCUT2D eigenvalue weighted by Crippen LogP contribution is 2.41. The van der Waals surface area contributed by atoms with E-state index in [0.717, 1.165) is 5.57 Å². The first-order valence-corrected chi connectivity index (χ1v) is 19.4. The molecule has 1 saturated heterocycles. The Morgan fingerprint density at radius 3 is 1.89 bits per heavy atom. The van der Waals surface area contributed by atoms with Crippen molar-refractivity contribution in [3.8, 4) is 0 Å². The second kappa shape index (κ2) is 12.0. The molecule has 0 amide bonds. The average Bonchev–Trinajstić information content (AvgIpc) is 2.76. The number of methoxy groups -OCH3 is 2. The molecule has 0 aromatic rings. The number of rotatable bonds is 11. The monoisotopic (exact) mass is 558 g/mol. The van der Waals surface area contributed by atoms with Crippen molar-refractivity contribution in [1.29, 1.82) is 0 Å². The van der Waals surface area contributed by atoms with Gasteiger partial charge in [0.25, 0.3) is 0 Å². The minimum atomic E-state index is -2.02. The first-order valence-electron chi connectivity index (χ1n) is 13.6. The van der Waals surface area contributed by atoms with Crippen LogP contribution < -0.4 is 0 Å². The molecule has 0 radical (unpaired) electrons. The van der Waals surface area contributed by atoms with Gasteiger partial charge in [0.05, 0.1) is 19.3 Å². The Labute approximate surface area is 230 Å². The van der Waals surface area contributed by atoms with Crippen molar-refractivity contribution in [3.05, 3.63) is 23.8 Å². The van der Waals surface area contributed by atoms with Crippen LogP contribution in [0.1, 0.15) is 69.2 Å². The molecule has 0 N–H and O–H groups in total. The minimum Gasteiger partial charge on any atom is -0.414 e. The first-order chi connectivity index (χ1) is 16.5. The van der Waals surface area contributed by atoms with E-state index in [2.05, 4.69) is 94.2 Å². The Balaban J connectivity index is 3.19. The Bertz CT molecular complexity index is 810. The van der Waals surface area contributed by atoms with Crippen LogP contribution in [-0.2, 0) is 27.8 Å². The van der Waals surface area contributed by atoms with Gasteiger partial charge in [0.1, 0.15) is 6.10 Å². The van der Waals surface area contributed by atoms with Gasteiger partial charge in [-0.15, -0.1) is 0 Å². The standard InChI is InChI=1S/C29H58O6Si2/c1-21(18-22(2)24-19-32-28(10,30-12)29(11,31-13)34-24)23(3)25(35-37(16,17)27(7,8)9)20-33-36(14,15)26(4,5)6/h18,23-25H,2,19-20H2,1,3-17H3/b21-18+/t23-,24+,25+,28-,29-/m1/s1. The number of ether oxygens (including phenoxy) is 4. The van der Waals surface area contributed by atoms with Gasteiger partial charge in [-0.05, 0) is 62.6 Å². The van der Waals surface area contributed by atoms with Gasteiger partial charge in [-0.25, -0.2) is 0 Å². The zero-order valence-corrected chi connectivity index (χ0v) is 28.9. The van der Waals surface area contributed by atoms with Crippen molar-refractivity contribution in [1.82, 2.24) is 0 Å². The van der Waals surface area contributed by atoms with Gasteiger partial charge in [-0.3, -0.25) is 0 Å². The third-order valence-corrected chi connectivity index (χ3v) is 18.3. The molecule has 1 heterocycles. The van der Waals surface area contributed by atoms with Crippen LogP contribution >= 0.6 is 0 Å². The summed E-state index contributed by atoms with van der Waals surface area (Å²) in [7, 11) is -0.764. The normalized spacial score (nSPS) is 28.2. The zero-order valence-electron chi connectivity index (χ0n) is 26.9. The maximum Gasteiger partial charge on any atom is 0.220 e. The molecule has 0 unspecified atom stereocenters. The second-order valence-corrected chi connectivity index (χ2v) is 23.5. The molecule has 0 aliphatic carbocycles. The molecule has 1 aliphatic heterocycles. The minimum absolute atomic E-state index is 0.0522. The summed E-state index contributed by atoms with van der Waals surface area (Å²) >= 11 is 0. The molecule has 218 valence electrons. The Kier molecular flexibility index (Phi) is 11.3. The van der Waals surface area contributed by atoms with E-state index in [9.17, 15) is 0 Å². The molecule has 37 heavy (non-hydrogen) atoms. The summed E-state index contributed by atoms with van der Waals surface area (Å²) in [5.74, 6) is -1.93. The summed E-state index contributed by atoms with van der Waals surface area (Å²) in [6, 6.07) is 0. The van der Waals surface area contributed by atoms with Crippen molar-refractivity contribution in [2.45, 2.75) is 129 Å². The van der Waals surface area contributed by atoms with E-state index < -0.39 is 28.2 Å². The lowest BCUT2D eigenvalue weighted by Crippen LogP contribution is -2.62. The molecule has 0 aromatic carbocycles. The Morgan fingerprint density at radius 1 is 0.973 bits per heavy atom. The fraction of sp³-hybridized carbons (Fsp3) is 0.862. The van der Waals surface area contributed by atoms with Gasteiger partial charge >= 0.3 is 0 Å². The molecular weight excluding hydrogens is 500 g/mol. The van der Waals surface area contributed by atoms with Gasteiger partial charge < -0.3 is 27.8 Å². The molecule has 0 bridgehead atoms. The van der Waals surface area contributed by atoms with Gasteiger partial charge in [-0.1, -0.05) is 66.7 Å². The van der Waals surface area contributed by atoms with Crippen LogP contribution in [0.4, 0.5) is 0 Å². The maximum absolute atomic E-state index is 6.99. The fourth-order valence-corrected chi connectivity index (χ4v) is 5.99. The summed E-state index contributed by atoms with van der Waals surface area (Å²) in [5.41, 5.74) is 2.01. The highest BCUT2D eigenvalue weighted by molar-refractivity contribution is 6.74. The predicted molar refractivity (Wildman–Crippen MR) is 159 cm³/mol. The average molecular weight is 559 g/mol. The van der Waals surface area contributed by atoms with Crippen LogP contribution in [0.25, 0.3) is 0 Å². The van der Waals surface area contributed by atoms with Crippen molar-refractivity contribution in [2.24, 2.45) is 5.92 Å². The molecule has 1 aliphatic rings. The second-order valence-electron chi connectivity index (χ2n) is 14.0. The third kappa shape index (κ3) is 8.10. The van der Waals surface area contributed by atoms with E-state index in [-0.39, 0.29) is 28.2 Å². The van der Waals surface area contributed by atoms with Crippen LogP contribution in [0.5, 0.6) is 0 Å². The molecule has 0 saturated carbocycles. The summed E-state index contributed by atoms with van der Waals surface area (Å²) in [4.78, 5) is 0. The quantitative estimate of drug-likeness (QED) is 0.191. The SMILES string of the molecule is C=C(/C=C(\C)[C@@H](C)[C@H](CO[Si](C)(C)C(C)(C)C)O[Si](C)(C)C(C)(C)C)[C@@H]1CO[C@@](C)(OC)[C@](C)(OC)O1. The van der Waals surface area contributed by atoms with Crippen LogP contribution in [0.15, 0.2) is 23.8 Å². The van der Waals surface area contributed by atoms with Gasteiger partial charge in [-0.2, -0.15) is 0 Å². The summed E-state index contributed by atoms with van der Waals surface area (Å²) in [6.45, 7) is 36.1. The first kappa shape index (κ1) is 34.7. The van der Waals surface area contributed by atoms with E-state index in [0.29, 0.717) is 13.2 Å².